The minimum absolute atomic E-state index is 0.246. The van der Waals surface area contributed by atoms with E-state index in [-0.39, 0.29) is 12.5 Å². The second-order valence-electron chi connectivity index (χ2n) is 3.84. The second kappa shape index (κ2) is 8.10. The Morgan fingerprint density at radius 1 is 1.32 bits per heavy atom. The molecular weight excluding hydrogens is 250 g/mol. The van der Waals surface area contributed by atoms with Crippen molar-refractivity contribution < 1.29 is 24.2 Å². The van der Waals surface area contributed by atoms with Gasteiger partial charge in [-0.2, -0.15) is 0 Å². The maximum Gasteiger partial charge on any atom is 0.329 e. The standard InChI is InChI=1S/C13H17NO5/c1-18-11-4-2-3-10(7-11)5-6-14-12(15)8-19-9-13(16)17/h2-4,7H,5-6,8-9H2,1H3,(H,14,15)(H,16,17). The topological polar surface area (TPSA) is 84.9 Å². The number of benzene rings is 1. The van der Waals surface area contributed by atoms with Crippen LogP contribution in [0.15, 0.2) is 24.3 Å². The molecule has 19 heavy (non-hydrogen) atoms. The van der Waals surface area contributed by atoms with Gasteiger partial charge < -0.3 is 19.9 Å². The first-order valence-corrected chi connectivity index (χ1v) is 5.81. The fraction of sp³-hybridized carbons (Fsp3) is 0.385. The molecule has 1 amide bonds. The van der Waals surface area contributed by atoms with Gasteiger partial charge in [0.1, 0.15) is 19.0 Å². The van der Waals surface area contributed by atoms with Crippen LogP contribution in [0.4, 0.5) is 0 Å². The van der Waals surface area contributed by atoms with E-state index in [1.807, 2.05) is 24.3 Å². The molecule has 0 spiro atoms. The fourth-order valence-electron chi connectivity index (χ4n) is 1.46. The maximum atomic E-state index is 11.3. The second-order valence-corrected chi connectivity index (χ2v) is 3.84. The number of carbonyl (C=O) groups excluding carboxylic acids is 1. The molecular formula is C13H17NO5. The Labute approximate surface area is 111 Å². The molecule has 0 unspecified atom stereocenters. The molecule has 0 saturated carbocycles. The molecule has 104 valence electrons. The zero-order valence-electron chi connectivity index (χ0n) is 10.7. The third-order valence-corrected chi connectivity index (χ3v) is 2.33. The van der Waals surface area contributed by atoms with E-state index in [4.69, 9.17) is 9.84 Å². The van der Waals surface area contributed by atoms with Crippen LogP contribution in [0.2, 0.25) is 0 Å². The lowest BCUT2D eigenvalue weighted by Crippen LogP contribution is -2.30. The van der Waals surface area contributed by atoms with Crippen molar-refractivity contribution in [1.29, 1.82) is 0 Å². The third-order valence-electron chi connectivity index (χ3n) is 2.33. The van der Waals surface area contributed by atoms with Gasteiger partial charge in [0.05, 0.1) is 7.11 Å². The van der Waals surface area contributed by atoms with Crippen molar-refractivity contribution in [2.45, 2.75) is 6.42 Å². The predicted octanol–water partition coefficient (Wildman–Crippen LogP) is 0.455. The highest BCUT2D eigenvalue weighted by Gasteiger charge is 2.03. The number of amides is 1. The highest BCUT2D eigenvalue weighted by Crippen LogP contribution is 2.12. The molecule has 0 heterocycles. The lowest BCUT2D eigenvalue weighted by atomic mass is 10.1. The van der Waals surface area contributed by atoms with Crippen LogP contribution in [0.25, 0.3) is 0 Å². The number of hydrogen-bond acceptors (Lipinski definition) is 4. The fourth-order valence-corrected chi connectivity index (χ4v) is 1.46. The molecule has 0 aliphatic heterocycles. The summed E-state index contributed by atoms with van der Waals surface area (Å²) < 4.78 is 9.76. The van der Waals surface area contributed by atoms with Gasteiger partial charge >= 0.3 is 5.97 Å². The van der Waals surface area contributed by atoms with Crippen LogP contribution in [-0.2, 0) is 20.7 Å². The first kappa shape index (κ1) is 15.0. The first-order valence-electron chi connectivity index (χ1n) is 5.81. The van der Waals surface area contributed by atoms with Crippen molar-refractivity contribution in [1.82, 2.24) is 5.32 Å². The number of carboxylic acids is 1. The number of ether oxygens (including phenoxy) is 2. The smallest absolute Gasteiger partial charge is 0.329 e. The number of aliphatic carboxylic acids is 1. The van der Waals surface area contributed by atoms with Crippen molar-refractivity contribution in [3.8, 4) is 5.75 Å². The molecule has 0 bridgehead atoms. The molecule has 0 aliphatic rings. The molecule has 1 aromatic rings. The van der Waals surface area contributed by atoms with Crippen LogP contribution < -0.4 is 10.1 Å². The molecule has 6 heteroatoms. The predicted molar refractivity (Wildman–Crippen MR) is 68.2 cm³/mol. The SMILES string of the molecule is COc1cccc(CCNC(=O)COCC(=O)O)c1. The number of rotatable bonds is 8. The zero-order chi connectivity index (χ0) is 14.1. The van der Waals surface area contributed by atoms with Gasteiger partial charge in [0.2, 0.25) is 5.91 Å². The first-order chi connectivity index (χ1) is 9.11. The van der Waals surface area contributed by atoms with Gasteiger partial charge in [-0.3, -0.25) is 4.79 Å². The number of carboxylic acid groups (broad SMARTS) is 1. The summed E-state index contributed by atoms with van der Waals surface area (Å²) in [5, 5.41) is 11.0. The lowest BCUT2D eigenvalue weighted by Gasteiger charge is -2.06. The molecule has 1 aromatic carbocycles. The summed E-state index contributed by atoms with van der Waals surface area (Å²) in [5.41, 5.74) is 1.05. The number of nitrogens with one attached hydrogen (secondary N) is 1. The molecule has 2 N–H and O–H groups in total. The van der Waals surface area contributed by atoms with Crippen LogP contribution in [-0.4, -0.2) is 43.9 Å². The molecule has 0 fully saturated rings. The van der Waals surface area contributed by atoms with Crippen LogP contribution in [0.5, 0.6) is 5.75 Å². The highest BCUT2D eigenvalue weighted by molar-refractivity contribution is 5.77. The summed E-state index contributed by atoms with van der Waals surface area (Å²) >= 11 is 0. The van der Waals surface area contributed by atoms with Gasteiger partial charge in [0.25, 0.3) is 0 Å². The summed E-state index contributed by atoms with van der Waals surface area (Å²) in [6.07, 6.45) is 0.669. The van der Waals surface area contributed by atoms with Gasteiger partial charge in [-0.05, 0) is 24.1 Å². The van der Waals surface area contributed by atoms with Gasteiger partial charge in [-0.1, -0.05) is 12.1 Å². The normalized spacial score (nSPS) is 9.95. The Balaban J connectivity index is 2.22. The Bertz CT molecular complexity index is 433. The van der Waals surface area contributed by atoms with Crippen LogP contribution in [0.1, 0.15) is 5.56 Å². The van der Waals surface area contributed by atoms with E-state index in [2.05, 4.69) is 10.1 Å². The molecule has 6 nitrogen and oxygen atoms in total. The van der Waals surface area contributed by atoms with Crippen LogP contribution in [0, 0.1) is 0 Å². The highest BCUT2D eigenvalue weighted by atomic mass is 16.5. The molecule has 0 aromatic heterocycles. The summed E-state index contributed by atoms with van der Waals surface area (Å²) in [6.45, 7) is -0.254. The van der Waals surface area contributed by atoms with E-state index in [1.54, 1.807) is 7.11 Å². The molecule has 0 saturated heterocycles. The number of carbonyl (C=O) groups is 2. The largest absolute Gasteiger partial charge is 0.497 e. The quantitative estimate of drug-likeness (QED) is 0.714. The molecule has 0 aliphatic carbocycles. The van der Waals surface area contributed by atoms with Crippen molar-refractivity contribution >= 4 is 11.9 Å². The summed E-state index contributed by atoms with van der Waals surface area (Å²) in [4.78, 5) is 21.5. The van der Waals surface area contributed by atoms with Gasteiger partial charge in [-0.25, -0.2) is 4.79 Å². The Hall–Kier alpha value is -2.08. The minimum Gasteiger partial charge on any atom is -0.497 e. The Morgan fingerprint density at radius 2 is 2.11 bits per heavy atom. The van der Waals surface area contributed by atoms with E-state index in [0.29, 0.717) is 13.0 Å². The zero-order valence-corrected chi connectivity index (χ0v) is 10.7. The maximum absolute atomic E-state index is 11.3. The summed E-state index contributed by atoms with van der Waals surface area (Å²) in [6, 6.07) is 7.57. The van der Waals surface area contributed by atoms with E-state index in [9.17, 15) is 9.59 Å². The van der Waals surface area contributed by atoms with E-state index >= 15 is 0 Å². The van der Waals surface area contributed by atoms with E-state index < -0.39 is 12.6 Å². The number of methoxy groups -OCH3 is 1. The van der Waals surface area contributed by atoms with Crippen molar-refractivity contribution in [3.63, 3.8) is 0 Å². The Kier molecular flexibility index (Phi) is 6.38. The monoisotopic (exact) mass is 267 g/mol. The minimum atomic E-state index is -1.09. The van der Waals surface area contributed by atoms with Crippen molar-refractivity contribution in [2.75, 3.05) is 26.9 Å². The molecule has 0 atom stereocenters. The third kappa shape index (κ3) is 6.42. The average Bonchev–Trinajstić information content (AvgIpc) is 2.38. The van der Waals surface area contributed by atoms with Gasteiger partial charge in [0, 0.05) is 6.54 Å². The van der Waals surface area contributed by atoms with Crippen molar-refractivity contribution in [2.24, 2.45) is 0 Å². The summed E-state index contributed by atoms with van der Waals surface area (Å²) in [5.74, 6) is -0.651. The average molecular weight is 267 g/mol. The lowest BCUT2D eigenvalue weighted by molar-refractivity contribution is -0.143. The summed E-state index contributed by atoms with van der Waals surface area (Å²) in [7, 11) is 1.60. The van der Waals surface area contributed by atoms with E-state index in [0.717, 1.165) is 11.3 Å². The Morgan fingerprint density at radius 3 is 2.79 bits per heavy atom. The molecule has 0 radical (unpaired) electrons. The van der Waals surface area contributed by atoms with Gasteiger partial charge in [0.15, 0.2) is 0 Å². The van der Waals surface area contributed by atoms with Crippen LogP contribution in [0.3, 0.4) is 0 Å². The molecule has 1 rings (SSSR count). The van der Waals surface area contributed by atoms with Crippen LogP contribution >= 0.6 is 0 Å². The van der Waals surface area contributed by atoms with Crippen molar-refractivity contribution in [3.05, 3.63) is 29.8 Å². The number of hydrogen-bond donors (Lipinski definition) is 2. The van der Waals surface area contributed by atoms with E-state index in [1.165, 1.54) is 0 Å². The van der Waals surface area contributed by atoms with Gasteiger partial charge in [-0.15, -0.1) is 0 Å².